The molecule has 0 radical (unpaired) electrons. The lowest BCUT2D eigenvalue weighted by Crippen LogP contribution is -2.41. The zero-order valence-electron chi connectivity index (χ0n) is 10.7. The van der Waals surface area contributed by atoms with Crippen LogP contribution in [-0.4, -0.2) is 24.0 Å². The number of halogens is 3. The third-order valence-electron chi connectivity index (χ3n) is 3.31. The van der Waals surface area contributed by atoms with Crippen LogP contribution in [0.1, 0.15) is 18.4 Å². The van der Waals surface area contributed by atoms with Gasteiger partial charge in [0.2, 0.25) is 5.91 Å². The van der Waals surface area contributed by atoms with E-state index in [1.807, 2.05) is 0 Å². The molecule has 1 amide bonds. The lowest BCUT2D eigenvalue weighted by atomic mass is 9.97. The van der Waals surface area contributed by atoms with Gasteiger partial charge < -0.3 is 16.4 Å². The summed E-state index contributed by atoms with van der Waals surface area (Å²) in [5.74, 6) is -0.893. The van der Waals surface area contributed by atoms with Gasteiger partial charge in [0.25, 0.3) is 0 Å². The van der Waals surface area contributed by atoms with Crippen molar-refractivity contribution in [1.29, 1.82) is 0 Å². The number of anilines is 2. The topological polar surface area (TPSA) is 85.2 Å². The fourth-order valence-corrected chi connectivity index (χ4v) is 2.28. The van der Waals surface area contributed by atoms with Crippen LogP contribution in [-0.2, 0) is 11.0 Å². The summed E-state index contributed by atoms with van der Waals surface area (Å²) in [6, 6.07) is 1.73. The predicted octanol–water partition coefficient (Wildman–Crippen LogP) is 1.38. The molecule has 0 saturated carbocycles. The summed E-state index contributed by atoms with van der Waals surface area (Å²) in [6.07, 6.45) is -3.17. The van der Waals surface area contributed by atoms with Gasteiger partial charge in [0, 0.05) is 13.1 Å². The van der Waals surface area contributed by atoms with Crippen LogP contribution < -0.4 is 16.4 Å². The number of rotatable bonds is 2. The average Bonchev–Trinajstić information content (AvgIpc) is 2.37. The third-order valence-corrected chi connectivity index (χ3v) is 3.31. The Labute approximate surface area is 113 Å². The summed E-state index contributed by atoms with van der Waals surface area (Å²) in [5, 5.41) is 0. The molecule has 1 aromatic heterocycles. The Balaban J connectivity index is 2.28. The highest BCUT2D eigenvalue weighted by Gasteiger charge is 2.33. The van der Waals surface area contributed by atoms with Gasteiger partial charge in [-0.25, -0.2) is 4.98 Å². The first-order chi connectivity index (χ1) is 9.27. The Bertz CT molecular complexity index is 518. The van der Waals surface area contributed by atoms with Gasteiger partial charge in [-0.05, 0) is 25.0 Å². The number of carbonyl (C=O) groups is 1. The number of nitrogens with two attached hydrogens (primary N) is 2. The normalized spacial score (nSPS) is 19.9. The number of hydrogen-bond donors (Lipinski definition) is 2. The van der Waals surface area contributed by atoms with Gasteiger partial charge in [0.05, 0.1) is 11.5 Å². The van der Waals surface area contributed by atoms with Crippen molar-refractivity contribution < 1.29 is 18.0 Å². The highest BCUT2D eigenvalue weighted by Crippen LogP contribution is 2.33. The number of aromatic nitrogens is 1. The standard InChI is InChI=1S/C12H15F3N4O/c13-12(14,15)8-4-9(16)18-10(5-8)19-3-1-2-7(6-19)11(17)20/h4-5,7H,1-3,6H2,(H2,16,18)(H2,17,20). The highest BCUT2D eigenvalue weighted by molar-refractivity contribution is 5.77. The van der Waals surface area contributed by atoms with Gasteiger partial charge in [-0.1, -0.05) is 0 Å². The van der Waals surface area contributed by atoms with E-state index in [2.05, 4.69) is 4.98 Å². The molecule has 1 atom stereocenters. The third kappa shape index (κ3) is 3.12. The maximum absolute atomic E-state index is 12.7. The largest absolute Gasteiger partial charge is 0.416 e. The van der Waals surface area contributed by atoms with Gasteiger partial charge in [-0.3, -0.25) is 4.79 Å². The number of nitrogen functional groups attached to an aromatic ring is 1. The van der Waals surface area contributed by atoms with Crippen molar-refractivity contribution in [2.45, 2.75) is 19.0 Å². The number of primary amides is 1. The van der Waals surface area contributed by atoms with Gasteiger partial charge in [-0.15, -0.1) is 0 Å². The molecule has 1 aliphatic rings. The van der Waals surface area contributed by atoms with Crippen LogP contribution in [0, 0.1) is 5.92 Å². The minimum atomic E-state index is -4.48. The fraction of sp³-hybridized carbons (Fsp3) is 0.500. The second-order valence-corrected chi connectivity index (χ2v) is 4.82. The number of carbonyl (C=O) groups excluding carboxylic acids is 1. The van der Waals surface area contributed by atoms with E-state index in [9.17, 15) is 18.0 Å². The molecule has 20 heavy (non-hydrogen) atoms. The van der Waals surface area contributed by atoms with Crippen molar-refractivity contribution in [3.05, 3.63) is 17.7 Å². The lowest BCUT2D eigenvalue weighted by Gasteiger charge is -2.32. The number of nitrogens with zero attached hydrogens (tertiary/aromatic N) is 2. The van der Waals surface area contributed by atoms with Gasteiger partial charge in [-0.2, -0.15) is 13.2 Å². The first kappa shape index (κ1) is 14.4. The molecule has 4 N–H and O–H groups in total. The second-order valence-electron chi connectivity index (χ2n) is 4.82. The minimum absolute atomic E-state index is 0.128. The Morgan fingerprint density at radius 1 is 1.40 bits per heavy atom. The van der Waals surface area contributed by atoms with Crippen LogP contribution in [0.15, 0.2) is 12.1 Å². The number of amides is 1. The van der Waals surface area contributed by atoms with Crippen molar-refractivity contribution in [2.75, 3.05) is 23.7 Å². The van der Waals surface area contributed by atoms with E-state index in [1.54, 1.807) is 4.90 Å². The average molecular weight is 288 g/mol. The van der Waals surface area contributed by atoms with Crippen molar-refractivity contribution in [2.24, 2.45) is 11.7 Å². The van der Waals surface area contributed by atoms with Crippen molar-refractivity contribution >= 4 is 17.5 Å². The summed E-state index contributed by atoms with van der Waals surface area (Å²) < 4.78 is 38.2. The molecule has 0 bridgehead atoms. The monoisotopic (exact) mass is 288 g/mol. The van der Waals surface area contributed by atoms with Crippen molar-refractivity contribution in [1.82, 2.24) is 4.98 Å². The molecular formula is C12H15F3N4O. The highest BCUT2D eigenvalue weighted by atomic mass is 19.4. The second kappa shape index (κ2) is 5.18. The zero-order chi connectivity index (χ0) is 14.9. The molecule has 1 aromatic rings. The van der Waals surface area contributed by atoms with Crippen LogP contribution in [0.4, 0.5) is 24.8 Å². The molecule has 8 heteroatoms. The number of alkyl halides is 3. The maximum atomic E-state index is 12.7. The van der Waals surface area contributed by atoms with E-state index in [-0.39, 0.29) is 24.1 Å². The van der Waals surface area contributed by atoms with Gasteiger partial charge in [0.15, 0.2) is 0 Å². The molecule has 0 aromatic carbocycles. The van der Waals surface area contributed by atoms with E-state index in [1.165, 1.54) is 0 Å². The number of pyridine rings is 1. The molecular weight excluding hydrogens is 273 g/mol. The van der Waals surface area contributed by atoms with E-state index in [0.29, 0.717) is 19.4 Å². The lowest BCUT2D eigenvalue weighted by molar-refractivity contribution is -0.137. The van der Waals surface area contributed by atoms with Crippen LogP contribution in [0.3, 0.4) is 0 Å². The van der Waals surface area contributed by atoms with E-state index in [0.717, 1.165) is 12.1 Å². The first-order valence-corrected chi connectivity index (χ1v) is 6.16. The van der Waals surface area contributed by atoms with Gasteiger partial charge in [0.1, 0.15) is 11.6 Å². The molecule has 0 spiro atoms. The van der Waals surface area contributed by atoms with Crippen LogP contribution in [0.2, 0.25) is 0 Å². The zero-order valence-corrected chi connectivity index (χ0v) is 10.7. The maximum Gasteiger partial charge on any atom is 0.416 e. The summed E-state index contributed by atoms with van der Waals surface area (Å²) >= 11 is 0. The van der Waals surface area contributed by atoms with E-state index in [4.69, 9.17) is 11.5 Å². The van der Waals surface area contributed by atoms with Crippen LogP contribution in [0.5, 0.6) is 0 Å². The van der Waals surface area contributed by atoms with Crippen molar-refractivity contribution in [3.8, 4) is 0 Å². The molecule has 1 unspecified atom stereocenters. The number of piperidine rings is 1. The van der Waals surface area contributed by atoms with E-state index >= 15 is 0 Å². The Kier molecular flexibility index (Phi) is 3.74. The SMILES string of the molecule is NC(=O)C1CCCN(c2cc(C(F)(F)F)cc(N)n2)C1. The molecule has 2 rings (SSSR count). The van der Waals surface area contributed by atoms with Gasteiger partial charge >= 0.3 is 6.18 Å². The molecule has 1 fully saturated rings. The van der Waals surface area contributed by atoms with E-state index < -0.39 is 17.6 Å². The van der Waals surface area contributed by atoms with Crippen molar-refractivity contribution in [3.63, 3.8) is 0 Å². The van der Waals surface area contributed by atoms with Crippen LogP contribution in [0.25, 0.3) is 0 Å². The predicted molar refractivity (Wildman–Crippen MR) is 67.8 cm³/mol. The summed E-state index contributed by atoms with van der Waals surface area (Å²) in [7, 11) is 0. The first-order valence-electron chi connectivity index (χ1n) is 6.16. The minimum Gasteiger partial charge on any atom is -0.384 e. The quantitative estimate of drug-likeness (QED) is 0.861. The molecule has 1 aliphatic heterocycles. The molecule has 110 valence electrons. The molecule has 1 saturated heterocycles. The molecule has 5 nitrogen and oxygen atoms in total. The Morgan fingerprint density at radius 2 is 2.10 bits per heavy atom. The number of hydrogen-bond acceptors (Lipinski definition) is 4. The Morgan fingerprint density at radius 3 is 2.70 bits per heavy atom. The Hall–Kier alpha value is -1.99. The smallest absolute Gasteiger partial charge is 0.384 e. The summed E-state index contributed by atoms with van der Waals surface area (Å²) in [6.45, 7) is 0.792. The molecule has 2 heterocycles. The molecule has 0 aliphatic carbocycles. The summed E-state index contributed by atoms with van der Waals surface area (Å²) in [4.78, 5) is 16.7. The fourth-order valence-electron chi connectivity index (χ4n) is 2.28. The van der Waals surface area contributed by atoms with Crippen LogP contribution >= 0.6 is 0 Å². The summed E-state index contributed by atoms with van der Waals surface area (Å²) in [5.41, 5.74) is 9.83.